The average molecular weight is 624 g/mol. The van der Waals surface area contributed by atoms with Gasteiger partial charge in [-0.15, -0.1) is 11.8 Å². The fourth-order valence-corrected chi connectivity index (χ4v) is 7.18. The van der Waals surface area contributed by atoms with Gasteiger partial charge in [-0.05, 0) is 43.2 Å². The van der Waals surface area contributed by atoms with Crippen LogP contribution in [-0.2, 0) is 19.1 Å². The van der Waals surface area contributed by atoms with Gasteiger partial charge >= 0.3 is 11.9 Å². The van der Waals surface area contributed by atoms with Crippen LogP contribution in [0.25, 0.3) is 0 Å². The molecule has 0 aromatic heterocycles. The maximum atomic E-state index is 13.4. The number of aliphatic hydroxyl groups excluding tert-OH is 1. The fourth-order valence-electron chi connectivity index (χ4n) is 5.71. The minimum absolute atomic E-state index is 0.0843. The van der Waals surface area contributed by atoms with Gasteiger partial charge in [-0.1, -0.05) is 19.1 Å². The van der Waals surface area contributed by atoms with Crippen LogP contribution in [0, 0.1) is 22.0 Å². The summed E-state index contributed by atoms with van der Waals surface area (Å²) in [7, 11) is 0. The number of ether oxygens (including phenoxy) is 1. The van der Waals surface area contributed by atoms with Crippen molar-refractivity contribution >= 4 is 52.9 Å². The number of hydrogen-bond acceptors (Lipinski definition) is 12. The number of nitrogens with zero attached hydrogens (tertiary/aromatic N) is 2. The quantitative estimate of drug-likeness (QED) is 0.117. The number of carbonyl (C=O) groups is 5. The van der Waals surface area contributed by atoms with Crippen molar-refractivity contribution in [2.45, 2.75) is 43.7 Å². The van der Waals surface area contributed by atoms with E-state index in [2.05, 4.69) is 10.6 Å². The number of aromatic carboxylic acids is 1. The van der Waals surface area contributed by atoms with Crippen LogP contribution in [-0.4, -0.2) is 74.6 Å². The number of nitro benzene ring substituents is 1. The normalized spacial score (nSPS) is 24.8. The first-order valence-corrected chi connectivity index (χ1v) is 14.5. The number of carboxylic acid groups (broad SMARTS) is 1. The summed E-state index contributed by atoms with van der Waals surface area (Å²) >= 11 is 1.27. The number of hydrogen-bond donors (Lipinski definition) is 3. The highest BCUT2D eigenvalue weighted by Gasteiger charge is 2.60. The molecule has 3 N–H and O–H groups in total. The number of esters is 2. The standard InChI is InChI=1S/C29H28N4O10S/c1-13-22-21(14(2)34)26(36)32(22)23(29(40)43-28(39)15-6-8-18(9-7-15)33(41)42)24(13)44-19-11-20(30-12-19)25(35)31-17-5-3-4-16(10-17)27(37)38/h3-10,13-14,19-22,30,34H,11-12H2,1-2H3,(H,31,35)(H,37,38)/p-1/t13-,14-,19+,20+,21-,22-/m1/s1. The Labute approximate surface area is 254 Å². The van der Waals surface area contributed by atoms with Crippen molar-refractivity contribution in [3.05, 3.63) is 80.4 Å². The van der Waals surface area contributed by atoms with E-state index in [9.17, 15) is 44.3 Å². The molecule has 0 radical (unpaired) electrons. The number of thioether (sulfide) groups is 1. The van der Waals surface area contributed by atoms with Gasteiger partial charge < -0.3 is 35.3 Å². The lowest BCUT2D eigenvalue weighted by molar-refractivity contribution is -0.384. The molecule has 44 heavy (non-hydrogen) atoms. The third-order valence-electron chi connectivity index (χ3n) is 7.87. The van der Waals surface area contributed by atoms with Crippen molar-refractivity contribution in [2.75, 3.05) is 11.9 Å². The topological polar surface area (TPSA) is 208 Å². The van der Waals surface area contributed by atoms with Gasteiger partial charge in [0.15, 0.2) is 0 Å². The molecule has 2 amide bonds. The fraction of sp³-hybridized carbons (Fsp3) is 0.345. The van der Waals surface area contributed by atoms with Crippen molar-refractivity contribution in [1.29, 1.82) is 0 Å². The van der Waals surface area contributed by atoms with Gasteiger partial charge in [0.1, 0.15) is 5.70 Å². The van der Waals surface area contributed by atoms with E-state index in [1.807, 2.05) is 0 Å². The molecule has 2 aromatic rings. The van der Waals surface area contributed by atoms with Crippen molar-refractivity contribution in [3.8, 4) is 0 Å². The summed E-state index contributed by atoms with van der Waals surface area (Å²) in [5.41, 5.74) is -0.260. The number of amides is 2. The van der Waals surface area contributed by atoms with E-state index in [4.69, 9.17) is 4.74 Å². The SMILES string of the molecule is C[C@@H](O)[C@H]1C(=O)N2C(C(=O)OC(=O)c3ccc([N+](=O)[O-])cc3)=C(S[C@@H]3CN[C@H](C(=O)Nc4cccc(C(=O)[O-])c4)C3)[C@H](C)[C@H]12. The first-order valence-electron chi connectivity index (χ1n) is 13.7. The smallest absolute Gasteiger partial charge is 0.363 e. The molecule has 2 aromatic carbocycles. The zero-order valence-corrected chi connectivity index (χ0v) is 24.2. The third-order valence-corrected chi connectivity index (χ3v) is 9.38. The molecular formula is C29H27N4O10S-. The maximum Gasteiger partial charge on any atom is 0.363 e. The second kappa shape index (κ2) is 12.2. The van der Waals surface area contributed by atoms with E-state index in [0.29, 0.717) is 17.9 Å². The number of carbonyl (C=O) groups excluding carboxylic acids is 5. The zero-order valence-electron chi connectivity index (χ0n) is 23.4. The summed E-state index contributed by atoms with van der Waals surface area (Å²) in [5, 5.41) is 37.9. The van der Waals surface area contributed by atoms with Crippen LogP contribution in [0.4, 0.5) is 11.4 Å². The van der Waals surface area contributed by atoms with Crippen LogP contribution >= 0.6 is 11.8 Å². The Kier molecular flexibility index (Phi) is 8.54. The zero-order chi connectivity index (χ0) is 31.9. The predicted octanol–water partition coefficient (Wildman–Crippen LogP) is 0.813. The number of nitrogens with one attached hydrogen (secondary N) is 2. The average Bonchev–Trinajstić information content (AvgIpc) is 3.54. The molecule has 14 nitrogen and oxygen atoms in total. The number of fused-ring (bicyclic) bond motifs is 1. The van der Waals surface area contributed by atoms with Gasteiger partial charge in [-0.25, -0.2) is 9.59 Å². The molecule has 230 valence electrons. The molecule has 5 rings (SSSR count). The molecule has 0 spiro atoms. The van der Waals surface area contributed by atoms with Crippen molar-refractivity contribution in [2.24, 2.45) is 11.8 Å². The summed E-state index contributed by atoms with van der Waals surface area (Å²) in [5.74, 6) is -5.53. The lowest BCUT2D eigenvalue weighted by Crippen LogP contribution is -2.63. The highest BCUT2D eigenvalue weighted by atomic mass is 32.2. The molecule has 2 fully saturated rings. The molecule has 3 heterocycles. The summed E-state index contributed by atoms with van der Waals surface area (Å²) in [6, 6.07) is 8.99. The van der Waals surface area contributed by atoms with Crippen molar-refractivity contribution in [3.63, 3.8) is 0 Å². The molecule has 0 bridgehead atoms. The summed E-state index contributed by atoms with van der Waals surface area (Å²) < 4.78 is 5.11. The van der Waals surface area contributed by atoms with Gasteiger partial charge in [-0.2, -0.15) is 0 Å². The number of aliphatic hydroxyl groups is 1. The lowest BCUT2D eigenvalue weighted by Gasteiger charge is -2.46. The second-order valence-electron chi connectivity index (χ2n) is 10.7. The van der Waals surface area contributed by atoms with Gasteiger partial charge in [-0.3, -0.25) is 19.7 Å². The van der Waals surface area contributed by atoms with Crippen molar-refractivity contribution < 1.29 is 43.8 Å². The van der Waals surface area contributed by atoms with Gasteiger partial charge in [0.2, 0.25) is 11.8 Å². The van der Waals surface area contributed by atoms with Crippen LogP contribution in [0.5, 0.6) is 0 Å². The Morgan fingerprint density at radius 3 is 2.48 bits per heavy atom. The number of non-ortho nitro benzene ring substituents is 1. The second-order valence-corrected chi connectivity index (χ2v) is 12.1. The lowest BCUT2D eigenvalue weighted by atomic mass is 9.79. The summed E-state index contributed by atoms with van der Waals surface area (Å²) in [6.45, 7) is 3.65. The van der Waals surface area contributed by atoms with E-state index in [0.717, 1.165) is 24.3 Å². The Balaban J connectivity index is 1.32. The van der Waals surface area contributed by atoms with Crippen LogP contribution in [0.1, 0.15) is 41.0 Å². The minimum atomic E-state index is -1.37. The number of anilines is 1. The van der Waals surface area contributed by atoms with Crippen LogP contribution in [0.2, 0.25) is 0 Å². The third kappa shape index (κ3) is 5.80. The van der Waals surface area contributed by atoms with E-state index in [1.54, 1.807) is 13.0 Å². The van der Waals surface area contributed by atoms with Crippen LogP contribution < -0.4 is 15.7 Å². The molecule has 15 heteroatoms. The van der Waals surface area contributed by atoms with E-state index in [1.165, 1.54) is 41.8 Å². The van der Waals surface area contributed by atoms with E-state index < -0.39 is 64.7 Å². The number of rotatable bonds is 9. The maximum absolute atomic E-state index is 13.4. The number of carboxylic acids is 1. The van der Waals surface area contributed by atoms with Gasteiger partial charge in [0.05, 0.1) is 40.6 Å². The summed E-state index contributed by atoms with van der Waals surface area (Å²) in [6.07, 6.45) is -0.652. The van der Waals surface area contributed by atoms with Gasteiger partial charge in [0, 0.05) is 40.4 Å². The van der Waals surface area contributed by atoms with E-state index in [-0.39, 0.29) is 33.4 Å². The monoisotopic (exact) mass is 623 g/mol. The molecule has 2 saturated heterocycles. The Bertz CT molecular complexity index is 1590. The molecule has 0 unspecified atom stereocenters. The predicted molar refractivity (Wildman–Crippen MR) is 153 cm³/mol. The summed E-state index contributed by atoms with van der Waals surface area (Å²) in [4.78, 5) is 75.2. The minimum Gasteiger partial charge on any atom is -0.545 e. The van der Waals surface area contributed by atoms with Gasteiger partial charge in [0.25, 0.3) is 5.69 Å². The van der Waals surface area contributed by atoms with Crippen LogP contribution in [0.15, 0.2) is 59.1 Å². The molecule has 3 aliphatic heterocycles. The highest BCUT2D eigenvalue weighted by molar-refractivity contribution is 8.03. The Morgan fingerprint density at radius 2 is 1.84 bits per heavy atom. The molecule has 0 aliphatic carbocycles. The first-order chi connectivity index (χ1) is 20.9. The number of β-lactam (4-membered cyclic amide) rings is 1. The Morgan fingerprint density at radius 1 is 1.14 bits per heavy atom. The molecular weight excluding hydrogens is 596 g/mol. The van der Waals surface area contributed by atoms with E-state index >= 15 is 0 Å². The molecule has 6 atom stereocenters. The largest absolute Gasteiger partial charge is 0.545 e. The Hall–Kier alpha value is -4.60. The number of benzene rings is 2. The first kappa shape index (κ1) is 30.8. The highest BCUT2D eigenvalue weighted by Crippen LogP contribution is 2.52. The van der Waals surface area contributed by atoms with Crippen molar-refractivity contribution in [1.82, 2.24) is 10.2 Å². The number of nitro groups is 1. The molecule has 3 aliphatic rings. The van der Waals surface area contributed by atoms with Crippen LogP contribution in [0.3, 0.4) is 0 Å². The molecule has 0 saturated carbocycles.